The maximum absolute atomic E-state index is 6.43. The fraction of sp³-hybridized carbons (Fsp3) is 0.111. The van der Waals surface area contributed by atoms with Gasteiger partial charge >= 0.3 is 0 Å². The van der Waals surface area contributed by atoms with Crippen molar-refractivity contribution in [2.75, 3.05) is 5.32 Å². The van der Waals surface area contributed by atoms with Crippen molar-refractivity contribution in [1.82, 2.24) is 0 Å². The molecule has 0 amide bonds. The van der Waals surface area contributed by atoms with Crippen molar-refractivity contribution in [2.24, 2.45) is 0 Å². The largest absolute Gasteiger partial charge is 0.462 e. The van der Waals surface area contributed by atoms with Crippen LogP contribution < -0.4 is 10.1 Å². The quantitative estimate of drug-likeness (QED) is 0.650. The predicted molar refractivity (Wildman–Crippen MR) is 88.0 cm³/mol. The maximum atomic E-state index is 6.43. The molecule has 5 rings (SSSR count). The smallest absolute Gasteiger partial charge is 0.204 e. The highest BCUT2D eigenvalue weighted by Crippen LogP contribution is 2.46. The van der Waals surface area contributed by atoms with Crippen LogP contribution in [0.3, 0.4) is 0 Å². The molecule has 3 heteroatoms. The lowest BCUT2D eigenvalue weighted by Gasteiger charge is -2.30. The third kappa shape index (κ3) is 1.58. The molecule has 0 saturated heterocycles. The van der Waals surface area contributed by atoms with E-state index in [0.717, 1.165) is 12.2 Å². The number of thiophene rings is 1. The molecule has 2 nitrogen and oxygen atoms in total. The Hall–Kier alpha value is -2.26. The summed E-state index contributed by atoms with van der Waals surface area (Å²) >= 11 is 1.79. The van der Waals surface area contributed by atoms with Crippen LogP contribution in [0.1, 0.15) is 10.4 Å². The number of nitrogens with one attached hydrogen (secondary N) is 1. The molecule has 3 heterocycles. The van der Waals surface area contributed by atoms with Gasteiger partial charge in [0, 0.05) is 22.2 Å². The Morgan fingerprint density at radius 2 is 1.90 bits per heavy atom. The van der Waals surface area contributed by atoms with Gasteiger partial charge in [-0.25, -0.2) is 0 Å². The molecule has 1 atom stereocenters. The molecule has 1 spiro atoms. The first kappa shape index (κ1) is 11.4. The minimum atomic E-state index is -0.430. The number of para-hydroxylation sites is 1. The molecule has 0 bridgehead atoms. The second kappa shape index (κ2) is 3.89. The maximum Gasteiger partial charge on any atom is 0.204 e. The Labute approximate surface area is 126 Å². The van der Waals surface area contributed by atoms with Crippen molar-refractivity contribution in [3.8, 4) is 5.75 Å². The van der Waals surface area contributed by atoms with Crippen LogP contribution in [0.25, 0.3) is 16.2 Å². The number of benzene rings is 2. The average Bonchev–Trinajstić information content (AvgIpc) is 3.05. The second-order valence-corrected chi connectivity index (χ2v) is 6.66. The number of anilines is 1. The number of hydrogen-bond acceptors (Lipinski definition) is 3. The van der Waals surface area contributed by atoms with Gasteiger partial charge in [-0.3, -0.25) is 0 Å². The lowest BCUT2D eigenvalue weighted by Crippen LogP contribution is -2.41. The van der Waals surface area contributed by atoms with E-state index in [-0.39, 0.29) is 0 Å². The monoisotopic (exact) mass is 291 g/mol. The molecule has 0 saturated carbocycles. The Balaban J connectivity index is 1.63. The number of fused-ring (bicyclic) bond motifs is 4. The molecular weight excluding hydrogens is 278 g/mol. The molecule has 3 aromatic rings. The molecule has 0 aliphatic carbocycles. The normalized spacial score (nSPS) is 21.9. The standard InChI is InChI=1S/C18H13NOS/c1-3-7-14-12(5-1)11-18(19-14)10-9-16-17(20-18)13-6-2-4-8-15(13)21-16/h1-10,19H,11H2. The molecule has 1 unspecified atom stereocenters. The average molecular weight is 291 g/mol. The van der Waals surface area contributed by atoms with Gasteiger partial charge in [-0.15, -0.1) is 11.3 Å². The fourth-order valence-electron chi connectivity index (χ4n) is 3.20. The Bertz CT molecular complexity index is 868. The summed E-state index contributed by atoms with van der Waals surface area (Å²) in [5.74, 6) is 1.01. The van der Waals surface area contributed by atoms with Gasteiger partial charge in [0.15, 0.2) is 0 Å². The minimum absolute atomic E-state index is 0.430. The van der Waals surface area contributed by atoms with Gasteiger partial charge in [-0.05, 0) is 35.9 Å². The number of ether oxygens (including phenoxy) is 1. The van der Waals surface area contributed by atoms with Gasteiger partial charge in [0.05, 0.1) is 4.88 Å². The Morgan fingerprint density at radius 1 is 1.05 bits per heavy atom. The van der Waals surface area contributed by atoms with Gasteiger partial charge < -0.3 is 10.1 Å². The fourth-order valence-corrected chi connectivity index (χ4v) is 4.23. The van der Waals surface area contributed by atoms with Gasteiger partial charge in [-0.2, -0.15) is 0 Å². The number of hydrogen-bond donors (Lipinski definition) is 1. The highest BCUT2D eigenvalue weighted by atomic mass is 32.1. The topological polar surface area (TPSA) is 21.3 Å². The lowest BCUT2D eigenvalue weighted by atomic mass is 10.0. The molecule has 1 N–H and O–H groups in total. The predicted octanol–water partition coefficient (Wildman–Crippen LogP) is 4.67. The third-order valence-electron chi connectivity index (χ3n) is 4.18. The molecule has 2 aromatic carbocycles. The first-order valence-corrected chi connectivity index (χ1v) is 7.91. The van der Waals surface area contributed by atoms with Gasteiger partial charge in [-0.1, -0.05) is 30.3 Å². The third-order valence-corrected chi connectivity index (χ3v) is 5.30. The van der Waals surface area contributed by atoms with Crippen LogP contribution in [0.2, 0.25) is 0 Å². The molecule has 2 aliphatic heterocycles. The first-order valence-electron chi connectivity index (χ1n) is 7.09. The van der Waals surface area contributed by atoms with E-state index < -0.39 is 5.72 Å². The van der Waals surface area contributed by atoms with Crippen molar-refractivity contribution < 1.29 is 4.74 Å². The van der Waals surface area contributed by atoms with E-state index in [1.54, 1.807) is 11.3 Å². The van der Waals surface area contributed by atoms with Crippen LogP contribution in [-0.2, 0) is 6.42 Å². The highest BCUT2D eigenvalue weighted by Gasteiger charge is 2.39. The summed E-state index contributed by atoms with van der Waals surface area (Å²) in [6.45, 7) is 0. The zero-order chi connectivity index (χ0) is 13.9. The van der Waals surface area contributed by atoms with Crippen LogP contribution in [0.5, 0.6) is 5.75 Å². The summed E-state index contributed by atoms with van der Waals surface area (Å²) in [5.41, 5.74) is 2.05. The Kier molecular flexibility index (Phi) is 2.11. The highest BCUT2D eigenvalue weighted by molar-refractivity contribution is 7.20. The summed E-state index contributed by atoms with van der Waals surface area (Å²) in [7, 11) is 0. The molecule has 102 valence electrons. The summed E-state index contributed by atoms with van der Waals surface area (Å²) in [6, 6.07) is 16.9. The zero-order valence-electron chi connectivity index (χ0n) is 11.3. The van der Waals surface area contributed by atoms with Crippen LogP contribution in [-0.4, -0.2) is 5.72 Å². The summed E-state index contributed by atoms with van der Waals surface area (Å²) in [5, 5.41) is 4.75. The van der Waals surface area contributed by atoms with Crippen molar-refractivity contribution in [1.29, 1.82) is 0 Å². The molecule has 2 aliphatic rings. The number of rotatable bonds is 0. The van der Waals surface area contributed by atoms with E-state index in [1.165, 1.54) is 26.2 Å². The van der Waals surface area contributed by atoms with Crippen LogP contribution in [0, 0.1) is 0 Å². The lowest BCUT2D eigenvalue weighted by molar-refractivity contribution is 0.159. The summed E-state index contributed by atoms with van der Waals surface area (Å²) in [4.78, 5) is 1.21. The van der Waals surface area contributed by atoms with E-state index >= 15 is 0 Å². The van der Waals surface area contributed by atoms with E-state index in [4.69, 9.17) is 4.74 Å². The minimum Gasteiger partial charge on any atom is -0.462 e. The van der Waals surface area contributed by atoms with E-state index in [9.17, 15) is 0 Å². The van der Waals surface area contributed by atoms with Crippen molar-refractivity contribution in [3.63, 3.8) is 0 Å². The first-order chi connectivity index (χ1) is 10.3. The molecule has 0 radical (unpaired) electrons. The van der Waals surface area contributed by atoms with E-state index in [0.29, 0.717) is 0 Å². The van der Waals surface area contributed by atoms with Crippen molar-refractivity contribution in [3.05, 3.63) is 65.0 Å². The van der Waals surface area contributed by atoms with Gasteiger partial charge in [0.25, 0.3) is 0 Å². The summed E-state index contributed by atoms with van der Waals surface area (Å²) < 4.78 is 7.71. The molecular formula is C18H13NOS. The molecule has 1 aromatic heterocycles. The molecule has 0 fully saturated rings. The van der Waals surface area contributed by atoms with Gasteiger partial charge in [0.1, 0.15) is 5.75 Å². The van der Waals surface area contributed by atoms with Crippen LogP contribution in [0.4, 0.5) is 5.69 Å². The van der Waals surface area contributed by atoms with Crippen molar-refractivity contribution in [2.45, 2.75) is 12.1 Å². The van der Waals surface area contributed by atoms with Crippen LogP contribution in [0.15, 0.2) is 54.6 Å². The SMILES string of the molecule is C1=CC2(Cc3ccccc3N2)Oc2c1sc1ccccc21. The van der Waals surface area contributed by atoms with Gasteiger partial charge in [0.2, 0.25) is 5.72 Å². The van der Waals surface area contributed by atoms with E-state index in [2.05, 4.69) is 66.0 Å². The second-order valence-electron chi connectivity index (χ2n) is 5.58. The van der Waals surface area contributed by atoms with Crippen LogP contribution >= 0.6 is 11.3 Å². The van der Waals surface area contributed by atoms with Crippen molar-refractivity contribution >= 4 is 33.2 Å². The summed E-state index contributed by atoms with van der Waals surface area (Å²) in [6.07, 6.45) is 5.22. The molecule has 21 heavy (non-hydrogen) atoms. The zero-order valence-corrected chi connectivity index (χ0v) is 12.1. The van der Waals surface area contributed by atoms with E-state index in [1.807, 2.05) is 0 Å². The Morgan fingerprint density at radius 3 is 2.86 bits per heavy atom.